The van der Waals surface area contributed by atoms with Gasteiger partial charge in [0.1, 0.15) is 5.75 Å². The van der Waals surface area contributed by atoms with E-state index in [0.717, 1.165) is 16.7 Å². The SMILES string of the molecule is COc1cc2c(cc1OC)C(c1ccccc1Cl)N(C(=O)c1cccc(OC(C)=O)c1C)CC2. The number of esters is 1. The second-order valence-corrected chi connectivity index (χ2v) is 8.51. The molecule has 34 heavy (non-hydrogen) atoms. The van der Waals surface area contributed by atoms with Gasteiger partial charge in [0.2, 0.25) is 0 Å². The third-order valence-corrected chi connectivity index (χ3v) is 6.45. The molecule has 1 atom stereocenters. The molecule has 0 saturated heterocycles. The molecule has 0 aliphatic carbocycles. The summed E-state index contributed by atoms with van der Waals surface area (Å²) in [6.45, 7) is 3.60. The average molecular weight is 480 g/mol. The van der Waals surface area contributed by atoms with Crippen molar-refractivity contribution in [3.63, 3.8) is 0 Å². The van der Waals surface area contributed by atoms with Crippen molar-refractivity contribution in [1.82, 2.24) is 4.90 Å². The van der Waals surface area contributed by atoms with Gasteiger partial charge in [-0.2, -0.15) is 0 Å². The summed E-state index contributed by atoms with van der Waals surface area (Å²) in [6, 6.07) is 16.1. The summed E-state index contributed by atoms with van der Waals surface area (Å²) in [4.78, 5) is 27.3. The minimum atomic E-state index is -0.436. The Balaban J connectivity index is 1.86. The standard InChI is InChI=1S/C27H26ClNO5/c1-16-19(9-7-11-23(16)34-17(2)30)27(31)29-13-12-18-14-24(32-3)25(33-4)15-21(18)26(29)20-8-5-6-10-22(20)28/h5-11,14-15,26H,12-13H2,1-4H3. The summed E-state index contributed by atoms with van der Waals surface area (Å²) >= 11 is 6.63. The van der Waals surface area contributed by atoms with Gasteiger partial charge >= 0.3 is 5.97 Å². The van der Waals surface area contributed by atoms with Crippen molar-refractivity contribution in [1.29, 1.82) is 0 Å². The van der Waals surface area contributed by atoms with Crippen LogP contribution in [0.3, 0.4) is 0 Å². The number of ether oxygens (including phenoxy) is 3. The number of carbonyl (C=O) groups is 2. The Morgan fingerprint density at radius 2 is 1.65 bits per heavy atom. The summed E-state index contributed by atoms with van der Waals surface area (Å²) in [5, 5.41) is 0.568. The van der Waals surface area contributed by atoms with Crippen LogP contribution >= 0.6 is 11.6 Å². The molecule has 0 spiro atoms. The van der Waals surface area contributed by atoms with Crippen molar-refractivity contribution in [2.24, 2.45) is 0 Å². The lowest BCUT2D eigenvalue weighted by atomic mass is 9.87. The number of hydrogen-bond donors (Lipinski definition) is 0. The summed E-state index contributed by atoms with van der Waals surface area (Å²) < 4.78 is 16.4. The molecule has 3 aromatic rings. The first-order valence-corrected chi connectivity index (χ1v) is 11.3. The third-order valence-electron chi connectivity index (χ3n) is 6.10. The Bertz CT molecular complexity index is 1260. The fraction of sp³-hybridized carbons (Fsp3) is 0.259. The summed E-state index contributed by atoms with van der Waals surface area (Å²) in [6.07, 6.45) is 0.644. The first kappa shape index (κ1) is 23.6. The zero-order chi connectivity index (χ0) is 24.4. The van der Waals surface area contributed by atoms with E-state index < -0.39 is 12.0 Å². The minimum Gasteiger partial charge on any atom is -0.493 e. The van der Waals surface area contributed by atoms with Crippen molar-refractivity contribution in [2.75, 3.05) is 20.8 Å². The second kappa shape index (κ2) is 9.77. The second-order valence-electron chi connectivity index (χ2n) is 8.10. The van der Waals surface area contributed by atoms with Crippen molar-refractivity contribution < 1.29 is 23.8 Å². The number of methoxy groups -OCH3 is 2. The maximum atomic E-state index is 13.9. The lowest BCUT2D eigenvalue weighted by molar-refractivity contribution is -0.131. The molecule has 3 aromatic carbocycles. The van der Waals surface area contributed by atoms with Crippen LogP contribution in [0.2, 0.25) is 5.02 Å². The van der Waals surface area contributed by atoms with Crippen LogP contribution in [-0.2, 0) is 11.2 Å². The molecule has 0 aromatic heterocycles. The normalized spacial score (nSPS) is 14.9. The molecule has 1 amide bonds. The highest BCUT2D eigenvalue weighted by Crippen LogP contribution is 2.43. The number of carbonyl (C=O) groups excluding carboxylic acids is 2. The smallest absolute Gasteiger partial charge is 0.308 e. The van der Waals surface area contributed by atoms with E-state index in [1.54, 1.807) is 39.3 Å². The maximum absolute atomic E-state index is 13.9. The topological polar surface area (TPSA) is 65.1 Å². The van der Waals surface area contributed by atoms with Gasteiger partial charge in [-0.1, -0.05) is 35.9 Å². The molecule has 1 aliphatic heterocycles. The molecule has 0 radical (unpaired) electrons. The first-order valence-electron chi connectivity index (χ1n) is 10.9. The molecule has 0 bridgehead atoms. The molecule has 0 fully saturated rings. The van der Waals surface area contributed by atoms with Gasteiger partial charge in [0.25, 0.3) is 5.91 Å². The molecular weight excluding hydrogens is 454 g/mol. The van der Waals surface area contributed by atoms with E-state index in [9.17, 15) is 9.59 Å². The largest absolute Gasteiger partial charge is 0.493 e. The summed E-state index contributed by atoms with van der Waals surface area (Å²) in [5.74, 6) is 0.993. The molecule has 1 unspecified atom stereocenters. The molecule has 1 heterocycles. The Hall–Kier alpha value is -3.51. The van der Waals surface area contributed by atoms with Gasteiger partial charge in [-0.3, -0.25) is 9.59 Å². The quantitative estimate of drug-likeness (QED) is 0.363. The average Bonchev–Trinajstić information content (AvgIpc) is 2.83. The lowest BCUT2D eigenvalue weighted by Gasteiger charge is -2.39. The Labute approximate surface area is 204 Å². The molecule has 1 aliphatic rings. The van der Waals surface area contributed by atoms with Crippen molar-refractivity contribution in [3.05, 3.63) is 87.4 Å². The fourth-order valence-corrected chi connectivity index (χ4v) is 4.70. The Morgan fingerprint density at radius 3 is 2.32 bits per heavy atom. The molecule has 6 nitrogen and oxygen atoms in total. The number of nitrogens with zero attached hydrogens (tertiary/aromatic N) is 1. The molecule has 7 heteroatoms. The number of fused-ring (bicyclic) bond motifs is 1. The minimum absolute atomic E-state index is 0.170. The van der Waals surface area contributed by atoms with Gasteiger partial charge in [-0.25, -0.2) is 0 Å². The lowest BCUT2D eigenvalue weighted by Crippen LogP contribution is -2.41. The molecule has 0 saturated carbocycles. The highest BCUT2D eigenvalue weighted by molar-refractivity contribution is 6.31. The molecular formula is C27H26ClNO5. The van der Waals surface area contributed by atoms with E-state index >= 15 is 0 Å². The Morgan fingerprint density at radius 1 is 0.941 bits per heavy atom. The van der Waals surface area contributed by atoms with E-state index in [1.807, 2.05) is 41.3 Å². The van der Waals surface area contributed by atoms with Crippen LogP contribution in [-0.4, -0.2) is 37.5 Å². The van der Waals surface area contributed by atoms with Crippen LogP contribution in [0.15, 0.2) is 54.6 Å². The predicted molar refractivity (Wildman–Crippen MR) is 130 cm³/mol. The highest BCUT2D eigenvalue weighted by Gasteiger charge is 2.35. The van der Waals surface area contributed by atoms with Gasteiger partial charge in [-0.15, -0.1) is 0 Å². The fourth-order valence-electron chi connectivity index (χ4n) is 4.46. The van der Waals surface area contributed by atoms with Crippen molar-refractivity contribution in [3.8, 4) is 17.2 Å². The van der Waals surface area contributed by atoms with Crippen LogP contribution in [0.1, 0.15) is 45.6 Å². The monoisotopic (exact) mass is 479 g/mol. The van der Waals surface area contributed by atoms with Gasteiger partial charge in [0.05, 0.1) is 20.3 Å². The van der Waals surface area contributed by atoms with E-state index in [4.69, 9.17) is 25.8 Å². The van der Waals surface area contributed by atoms with E-state index in [2.05, 4.69) is 0 Å². The first-order chi connectivity index (χ1) is 16.3. The molecule has 4 rings (SSSR count). The van der Waals surface area contributed by atoms with E-state index in [1.165, 1.54) is 6.92 Å². The zero-order valence-corrected chi connectivity index (χ0v) is 20.3. The van der Waals surface area contributed by atoms with E-state index in [0.29, 0.717) is 46.4 Å². The van der Waals surface area contributed by atoms with Crippen LogP contribution in [0.5, 0.6) is 17.2 Å². The zero-order valence-electron chi connectivity index (χ0n) is 19.6. The molecule has 176 valence electrons. The number of amides is 1. The van der Waals surface area contributed by atoms with Crippen molar-refractivity contribution in [2.45, 2.75) is 26.3 Å². The number of halogens is 1. The van der Waals surface area contributed by atoms with Crippen LogP contribution in [0.4, 0.5) is 0 Å². The van der Waals surface area contributed by atoms with Gasteiger partial charge in [0, 0.05) is 29.6 Å². The third kappa shape index (κ3) is 4.33. The van der Waals surface area contributed by atoms with Crippen LogP contribution in [0.25, 0.3) is 0 Å². The van der Waals surface area contributed by atoms with Gasteiger partial charge < -0.3 is 19.1 Å². The predicted octanol–water partition coefficient (Wildman–Crippen LogP) is 5.38. The summed E-state index contributed by atoms with van der Waals surface area (Å²) in [7, 11) is 3.19. The number of rotatable bonds is 5. The summed E-state index contributed by atoms with van der Waals surface area (Å²) in [5.41, 5.74) is 3.90. The van der Waals surface area contributed by atoms with Crippen LogP contribution < -0.4 is 14.2 Å². The van der Waals surface area contributed by atoms with E-state index in [-0.39, 0.29) is 5.91 Å². The van der Waals surface area contributed by atoms with Gasteiger partial charge in [-0.05, 0) is 60.4 Å². The molecule has 0 N–H and O–H groups in total. The van der Waals surface area contributed by atoms with Crippen LogP contribution in [0, 0.1) is 6.92 Å². The van der Waals surface area contributed by atoms with Crippen molar-refractivity contribution >= 4 is 23.5 Å². The maximum Gasteiger partial charge on any atom is 0.308 e. The highest BCUT2D eigenvalue weighted by atomic mass is 35.5. The number of benzene rings is 3. The van der Waals surface area contributed by atoms with Gasteiger partial charge in [0.15, 0.2) is 11.5 Å². The Kier molecular flexibility index (Phi) is 6.80. The number of hydrogen-bond acceptors (Lipinski definition) is 5.